The van der Waals surface area contributed by atoms with Crippen LogP contribution in [0.1, 0.15) is 38.1 Å². The SMILES string of the molecule is CCC(N)(CC)c1noc(-c2cc(Cl)ccc2C)n1. The second kappa shape index (κ2) is 5.31. The maximum Gasteiger partial charge on any atom is 0.258 e. The fourth-order valence-corrected chi connectivity index (χ4v) is 2.10. The van der Waals surface area contributed by atoms with Crippen LogP contribution in [-0.2, 0) is 5.54 Å². The molecule has 2 N–H and O–H groups in total. The lowest BCUT2D eigenvalue weighted by Crippen LogP contribution is -2.36. The van der Waals surface area contributed by atoms with Crippen LogP contribution in [-0.4, -0.2) is 10.1 Å². The van der Waals surface area contributed by atoms with E-state index >= 15 is 0 Å². The average Bonchev–Trinajstić information content (AvgIpc) is 2.90. The summed E-state index contributed by atoms with van der Waals surface area (Å²) in [4.78, 5) is 4.43. The fourth-order valence-electron chi connectivity index (χ4n) is 1.93. The van der Waals surface area contributed by atoms with E-state index in [-0.39, 0.29) is 0 Å². The van der Waals surface area contributed by atoms with Crippen LogP contribution >= 0.6 is 11.6 Å². The van der Waals surface area contributed by atoms with Gasteiger partial charge in [0.2, 0.25) is 0 Å². The van der Waals surface area contributed by atoms with Gasteiger partial charge in [-0.1, -0.05) is 36.7 Å². The van der Waals surface area contributed by atoms with E-state index in [1.165, 1.54) is 0 Å². The summed E-state index contributed by atoms with van der Waals surface area (Å²) in [7, 11) is 0. The zero-order valence-electron chi connectivity index (χ0n) is 11.4. The van der Waals surface area contributed by atoms with Gasteiger partial charge in [0.05, 0.1) is 5.54 Å². The van der Waals surface area contributed by atoms with E-state index in [1.54, 1.807) is 0 Å². The van der Waals surface area contributed by atoms with Gasteiger partial charge in [-0.15, -0.1) is 0 Å². The highest BCUT2D eigenvalue weighted by atomic mass is 35.5. The highest BCUT2D eigenvalue weighted by Gasteiger charge is 2.29. The molecule has 0 aliphatic heterocycles. The Morgan fingerprint density at radius 2 is 2.00 bits per heavy atom. The molecule has 0 aliphatic rings. The largest absolute Gasteiger partial charge is 0.334 e. The lowest BCUT2D eigenvalue weighted by molar-refractivity contribution is 0.350. The lowest BCUT2D eigenvalue weighted by Gasteiger charge is -2.21. The number of nitrogens with zero attached hydrogens (tertiary/aromatic N) is 2. The first-order valence-corrected chi connectivity index (χ1v) is 6.77. The van der Waals surface area contributed by atoms with E-state index in [1.807, 2.05) is 39.0 Å². The van der Waals surface area contributed by atoms with Crippen molar-refractivity contribution < 1.29 is 4.52 Å². The third-order valence-corrected chi connectivity index (χ3v) is 3.80. The monoisotopic (exact) mass is 279 g/mol. The first-order chi connectivity index (χ1) is 9.00. The van der Waals surface area contributed by atoms with E-state index in [4.69, 9.17) is 21.9 Å². The summed E-state index contributed by atoms with van der Waals surface area (Å²) >= 11 is 6.00. The molecular weight excluding hydrogens is 262 g/mol. The molecule has 0 spiro atoms. The minimum atomic E-state index is -0.534. The van der Waals surface area contributed by atoms with Crippen LogP contribution < -0.4 is 5.73 Å². The van der Waals surface area contributed by atoms with Gasteiger partial charge in [0.25, 0.3) is 5.89 Å². The smallest absolute Gasteiger partial charge is 0.258 e. The second-order valence-electron chi connectivity index (χ2n) is 4.75. The molecule has 0 saturated heterocycles. The van der Waals surface area contributed by atoms with Gasteiger partial charge >= 0.3 is 0 Å². The van der Waals surface area contributed by atoms with Gasteiger partial charge in [-0.05, 0) is 37.5 Å². The van der Waals surface area contributed by atoms with E-state index in [9.17, 15) is 0 Å². The molecule has 4 nitrogen and oxygen atoms in total. The van der Waals surface area contributed by atoms with E-state index in [0.29, 0.717) is 16.7 Å². The molecular formula is C14H18ClN3O. The zero-order chi connectivity index (χ0) is 14.0. The summed E-state index contributed by atoms with van der Waals surface area (Å²) in [6.45, 7) is 6.01. The molecule has 0 radical (unpaired) electrons. The number of aryl methyl sites for hydroxylation is 1. The van der Waals surface area contributed by atoms with Gasteiger partial charge in [0, 0.05) is 10.6 Å². The van der Waals surface area contributed by atoms with Crippen LogP contribution in [0.15, 0.2) is 22.7 Å². The summed E-state index contributed by atoms with van der Waals surface area (Å²) in [5.74, 6) is 1.01. The van der Waals surface area contributed by atoms with Crippen molar-refractivity contribution in [2.75, 3.05) is 0 Å². The molecule has 1 heterocycles. The van der Waals surface area contributed by atoms with Gasteiger partial charge < -0.3 is 10.3 Å². The number of rotatable bonds is 4. The molecule has 1 aromatic carbocycles. The Kier molecular flexibility index (Phi) is 3.92. The Morgan fingerprint density at radius 1 is 1.32 bits per heavy atom. The second-order valence-corrected chi connectivity index (χ2v) is 5.18. The summed E-state index contributed by atoms with van der Waals surface area (Å²) in [6.07, 6.45) is 1.52. The maximum atomic E-state index is 6.27. The normalized spacial score (nSPS) is 11.8. The molecule has 19 heavy (non-hydrogen) atoms. The molecule has 0 bridgehead atoms. The van der Waals surface area contributed by atoms with Crippen LogP contribution in [0.3, 0.4) is 0 Å². The molecule has 2 rings (SSSR count). The van der Waals surface area contributed by atoms with Crippen molar-refractivity contribution in [1.82, 2.24) is 10.1 Å². The van der Waals surface area contributed by atoms with Crippen LogP contribution in [0.4, 0.5) is 0 Å². The highest BCUT2D eigenvalue weighted by Crippen LogP contribution is 2.29. The minimum absolute atomic E-state index is 0.465. The van der Waals surface area contributed by atoms with Gasteiger partial charge in [-0.2, -0.15) is 4.98 Å². The van der Waals surface area contributed by atoms with Gasteiger partial charge in [0.1, 0.15) is 0 Å². The molecule has 0 unspecified atom stereocenters. The molecule has 0 amide bonds. The van der Waals surface area contributed by atoms with Crippen molar-refractivity contribution in [3.05, 3.63) is 34.6 Å². The van der Waals surface area contributed by atoms with Gasteiger partial charge in [-0.25, -0.2) is 0 Å². The first kappa shape index (κ1) is 14.0. The van der Waals surface area contributed by atoms with Crippen molar-refractivity contribution in [3.8, 4) is 11.5 Å². The van der Waals surface area contributed by atoms with Crippen LogP contribution in [0, 0.1) is 6.92 Å². The molecule has 2 aromatic rings. The summed E-state index contributed by atoms with van der Waals surface area (Å²) in [5, 5.41) is 4.67. The zero-order valence-corrected chi connectivity index (χ0v) is 12.2. The third kappa shape index (κ3) is 2.65. The Labute approximate surface area is 118 Å². The number of benzene rings is 1. The van der Waals surface area contributed by atoms with Crippen LogP contribution in [0.25, 0.3) is 11.5 Å². The molecule has 0 fully saturated rings. The molecule has 102 valence electrons. The Morgan fingerprint density at radius 3 is 2.63 bits per heavy atom. The Bertz CT molecular complexity index is 576. The molecule has 0 aliphatic carbocycles. The molecule has 1 aromatic heterocycles. The van der Waals surface area contributed by atoms with Crippen molar-refractivity contribution in [2.45, 2.75) is 39.2 Å². The van der Waals surface area contributed by atoms with Crippen molar-refractivity contribution in [2.24, 2.45) is 5.73 Å². The minimum Gasteiger partial charge on any atom is -0.334 e. The summed E-state index contributed by atoms with van der Waals surface area (Å²) in [5.41, 5.74) is 7.62. The summed E-state index contributed by atoms with van der Waals surface area (Å²) in [6, 6.07) is 5.59. The quantitative estimate of drug-likeness (QED) is 0.927. The predicted molar refractivity (Wildman–Crippen MR) is 75.9 cm³/mol. The standard InChI is InChI=1S/C14H18ClN3O/c1-4-14(16,5-2)13-17-12(19-18-13)11-8-10(15)7-6-9(11)3/h6-8H,4-5,16H2,1-3H3. The number of hydrogen-bond acceptors (Lipinski definition) is 4. The maximum absolute atomic E-state index is 6.27. The molecule has 5 heteroatoms. The van der Waals surface area contributed by atoms with Crippen molar-refractivity contribution >= 4 is 11.6 Å². The van der Waals surface area contributed by atoms with Gasteiger partial charge in [-0.3, -0.25) is 0 Å². The van der Waals surface area contributed by atoms with Crippen LogP contribution in [0.5, 0.6) is 0 Å². The predicted octanol–water partition coefficient (Wildman–Crippen LogP) is 3.67. The topological polar surface area (TPSA) is 64.9 Å². The molecule has 0 saturated carbocycles. The van der Waals surface area contributed by atoms with Crippen LogP contribution in [0.2, 0.25) is 5.02 Å². The fraction of sp³-hybridized carbons (Fsp3) is 0.429. The van der Waals surface area contributed by atoms with Crippen molar-refractivity contribution in [3.63, 3.8) is 0 Å². The third-order valence-electron chi connectivity index (χ3n) is 3.56. The average molecular weight is 280 g/mol. The van der Waals surface area contributed by atoms with E-state index in [2.05, 4.69) is 10.1 Å². The van der Waals surface area contributed by atoms with Crippen molar-refractivity contribution in [1.29, 1.82) is 0 Å². The van der Waals surface area contributed by atoms with E-state index in [0.717, 1.165) is 24.0 Å². The van der Waals surface area contributed by atoms with Gasteiger partial charge in [0.15, 0.2) is 5.82 Å². The Hall–Kier alpha value is -1.39. The number of nitrogens with two attached hydrogens (primary N) is 1. The molecule has 0 atom stereocenters. The first-order valence-electron chi connectivity index (χ1n) is 6.39. The number of hydrogen-bond donors (Lipinski definition) is 1. The highest BCUT2D eigenvalue weighted by molar-refractivity contribution is 6.30. The lowest BCUT2D eigenvalue weighted by atomic mass is 9.93. The number of halogens is 1. The summed E-state index contributed by atoms with van der Waals surface area (Å²) < 4.78 is 5.34. The van der Waals surface area contributed by atoms with E-state index < -0.39 is 5.54 Å². The number of aromatic nitrogens is 2. The Balaban J connectivity index is 2.44.